The lowest BCUT2D eigenvalue weighted by Crippen LogP contribution is -2.39. The smallest absolute Gasteiger partial charge is 0.227 e. The van der Waals surface area contributed by atoms with E-state index in [0.29, 0.717) is 21.7 Å². The number of likely N-dealkylation sites (N-methyl/N-ethyl adjacent to an activating group) is 1. The van der Waals surface area contributed by atoms with Crippen LogP contribution in [0.15, 0.2) is 42.5 Å². The van der Waals surface area contributed by atoms with Crippen molar-refractivity contribution in [3.8, 4) is 5.75 Å². The number of aliphatic hydroxyl groups is 1. The number of halogens is 3. The summed E-state index contributed by atoms with van der Waals surface area (Å²) in [6.45, 7) is 5.37. The topological polar surface area (TPSA) is 53.0 Å². The van der Waals surface area contributed by atoms with Gasteiger partial charge < -0.3 is 19.6 Å². The van der Waals surface area contributed by atoms with E-state index in [-0.39, 0.29) is 44.0 Å². The highest BCUT2D eigenvalue weighted by Gasteiger charge is 2.27. The van der Waals surface area contributed by atoms with Crippen molar-refractivity contribution in [1.29, 1.82) is 0 Å². The van der Waals surface area contributed by atoms with Gasteiger partial charge in [0.15, 0.2) is 0 Å². The number of carbonyl (C=O) groups excluding carboxylic acids is 1. The first-order valence-corrected chi connectivity index (χ1v) is 11.4. The molecule has 1 saturated heterocycles. The lowest BCUT2D eigenvalue weighted by molar-refractivity contribution is -0.131. The Morgan fingerprint density at radius 2 is 1.94 bits per heavy atom. The number of amides is 1. The van der Waals surface area contributed by atoms with Crippen LogP contribution in [0, 0.1) is 5.92 Å². The number of nitrogens with zero attached hydrogens (tertiary/aromatic N) is 2. The highest BCUT2D eigenvalue weighted by molar-refractivity contribution is 6.42. The molecule has 0 aliphatic carbocycles. The van der Waals surface area contributed by atoms with Gasteiger partial charge in [-0.3, -0.25) is 4.79 Å². The second-order valence-electron chi connectivity index (χ2n) is 8.24. The molecule has 1 aliphatic heterocycles. The van der Waals surface area contributed by atoms with Crippen LogP contribution < -0.4 is 4.74 Å². The van der Waals surface area contributed by atoms with E-state index in [2.05, 4.69) is 11.8 Å². The third-order valence-electron chi connectivity index (χ3n) is 5.76. The SMILES string of the molecule is C[C@H]1CCN(C[C@H](c2ccc(OCCO)cc2)N(C)C(=O)Cc2ccc(Cl)c(Cl)c2)C1.Cl. The van der Waals surface area contributed by atoms with Gasteiger partial charge in [-0.2, -0.15) is 0 Å². The van der Waals surface area contributed by atoms with E-state index >= 15 is 0 Å². The number of likely N-dealkylation sites (tertiary alicyclic amines) is 1. The van der Waals surface area contributed by atoms with E-state index in [4.69, 9.17) is 33.0 Å². The fraction of sp³-hybridized carbons (Fsp3) is 0.458. The first-order chi connectivity index (χ1) is 14.9. The standard InChI is InChI=1S/C24H30Cl2N2O3.ClH/c1-17-9-10-28(15-17)16-23(19-4-6-20(7-5-19)31-12-11-29)27(2)24(30)14-18-3-8-21(25)22(26)13-18;/h3-8,13,17,23,29H,9-12,14-16H2,1-2H3;1H/t17-,23+;/m0./s1. The Labute approximate surface area is 206 Å². The quantitative estimate of drug-likeness (QED) is 0.533. The van der Waals surface area contributed by atoms with Crippen LogP contribution in [-0.2, 0) is 11.2 Å². The summed E-state index contributed by atoms with van der Waals surface area (Å²) in [6, 6.07) is 13.0. The Bertz CT molecular complexity index is 879. The summed E-state index contributed by atoms with van der Waals surface area (Å²) in [5.41, 5.74) is 1.90. The molecule has 1 heterocycles. The van der Waals surface area contributed by atoms with Crippen LogP contribution in [0.5, 0.6) is 5.75 Å². The average Bonchev–Trinajstić information content (AvgIpc) is 3.18. The van der Waals surface area contributed by atoms with Gasteiger partial charge in [0.1, 0.15) is 12.4 Å². The molecule has 5 nitrogen and oxygen atoms in total. The molecule has 0 unspecified atom stereocenters. The van der Waals surface area contributed by atoms with Crippen molar-refractivity contribution < 1.29 is 14.6 Å². The van der Waals surface area contributed by atoms with Gasteiger partial charge >= 0.3 is 0 Å². The molecule has 1 fully saturated rings. The highest BCUT2D eigenvalue weighted by Crippen LogP contribution is 2.28. The minimum absolute atomic E-state index is 0. The maximum Gasteiger partial charge on any atom is 0.227 e. The normalized spacial score (nSPS) is 17.0. The highest BCUT2D eigenvalue weighted by atomic mass is 35.5. The Kier molecular flexibility index (Phi) is 10.6. The fourth-order valence-corrected chi connectivity index (χ4v) is 4.28. The van der Waals surface area contributed by atoms with Gasteiger partial charge in [0, 0.05) is 20.1 Å². The molecule has 1 aliphatic rings. The number of hydrogen-bond acceptors (Lipinski definition) is 4. The van der Waals surface area contributed by atoms with Crippen molar-refractivity contribution in [3.63, 3.8) is 0 Å². The van der Waals surface area contributed by atoms with Crippen molar-refractivity contribution in [1.82, 2.24) is 9.80 Å². The zero-order valence-corrected chi connectivity index (χ0v) is 20.8. The number of carbonyl (C=O) groups is 1. The number of rotatable bonds is 9. The molecular weight excluding hydrogens is 471 g/mol. The molecule has 0 bridgehead atoms. The van der Waals surface area contributed by atoms with Gasteiger partial charge in [-0.05, 0) is 54.3 Å². The second kappa shape index (κ2) is 12.7. The molecule has 1 amide bonds. The number of benzene rings is 2. The average molecular weight is 502 g/mol. The van der Waals surface area contributed by atoms with E-state index in [9.17, 15) is 4.79 Å². The Morgan fingerprint density at radius 3 is 2.53 bits per heavy atom. The molecule has 32 heavy (non-hydrogen) atoms. The summed E-state index contributed by atoms with van der Waals surface area (Å²) >= 11 is 12.1. The van der Waals surface area contributed by atoms with Crippen LogP contribution in [0.3, 0.4) is 0 Å². The molecule has 1 N–H and O–H groups in total. The summed E-state index contributed by atoms with van der Waals surface area (Å²) in [4.78, 5) is 17.4. The molecule has 8 heteroatoms. The third kappa shape index (κ3) is 7.26. The van der Waals surface area contributed by atoms with Gasteiger partial charge in [-0.25, -0.2) is 0 Å². The van der Waals surface area contributed by atoms with Crippen LogP contribution >= 0.6 is 35.6 Å². The zero-order valence-electron chi connectivity index (χ0n) is 18.5. The largest absolute Gasteiger partial charge is 0.491 e. The van der Waals surface area contributed by atoms with Gasteiger partial charge in [-0.15, -0.1) is 12.4 Å². The lowest BCUT2D eigenvalue weighted by Gasteiger charge is -2.32. The first kappa shape index (κ1) is 26.7. The van der Waals surface area contributed by atoms with E-state index in [0.717, 1.165) is 30.8 Å². The molecular formula is C24H31Cl3N2O3. The summed E-state index contributed by atoms with van der Waals surface area (Å²) in [5, 5.41) is 9.88. The summed E-state index contributed by atoms with van der Waals surface area (Å²) < 4.78 is 5.48. The minimum atomic E-state index is -0.0764. The summed E-state index contributed by atoms with van der Waals surface area (Å²) in [7, 11) is 1.86. The van der Waals surface area contributed by atoms with Crippen LogP contribution in [-0.4, -0.2) is 60.7 Å². The minimum Gasteiger partial charge on any atom is -0.491 e. The molecule has 0 saturated carbocycles. The molecule has 0 radical (unpaired) electrons. The molecule has 0 spiro atoms. The van der Waals surface area contributed by atoms with Gasteiger partial charge in [0.2, 0.25) is 5.91 Å². The van der Waals surface area contributed by atoms with Crippen LogP contribution in [0.4, 0.5) is 0 Å². The van der Waals surface area contributed by atoms with Crippen molar-refractivity contribution >= 4 is 41.5 Å². The Balaban J connectivity index is 0.00000363. The van der Waals surface area contributed by atoms with Crippen molar-refractivity contribution in [3.05, 3.63) is 63.6 Å². The van der Waals surface area contributed by atoms with Gasteiger partial charge in [0.25, 0.3) is 0 Å². The van der Waals surface area contributed by atoms with E-state index in [1.165, 1.54) is 6.42 Å². The van der Waals surface area contributed by atoms with E-state index in [1.54, 1.807) is 12.1 Å². The Morgan fingerprint density at radius 1 is 1.22 bits per heavy atom. The molecule has 2 atom stereocenters. The van der Waals surface area contributed by atoms with Crippen LogP contribution in [0.2, 0.25) is 10.0 Å². The monoisotopic (exact) mass is 500 g/mol. The van der Waals surface area contributed by atoms with E-state index < -0.39 is 0 Å². The van der Waals surface area contributed by atoms with Crippen LogP contribution in [0.1, 0.15) is 30.5 Å². The number of ether oxygens (including phenoxy) is 1. The van der Waals surface area contributed by atoms with Crippen molar-refractivity contribution in [2.75, 3.05) is 39.9 Å². The predicted molar refractivity (Wildman–Crippen MR) is 132 cm³/mol. The predicted octanol–water partition coefficient (Wildman–Crippen LogP) is 4.87. The van der Waals surface area contributed by atoms with Crippen LogP contribution in [0.25, 0.3) is 0 Å². The van der Waals surface area contributed by atoms with E-state index in [1.807, 2.05) is 42.3 Å². The summed E-state index contributed by atoms with van der Waals surface area (Å²) in [6.07, 6.45) is 1.44. The molecule has 3 rings (SSSR count). The number of hydrogen-bond donors (Lipinski definition) is 1. The van der Waals surface area contributed by atoms with Crippen molar-refractivity contribution in [2.24, 2.45) is 5.92 Å². The summed E-state index contributed by atoms with van der Waals surface area (Å²) in [5.74, 6) is 1.40. The maximum atomic E-state index is 13.1. The Hall–Kier alpha value is -1.50. The molecule has 2 aromatic rings. The molecule has 0 aromatic heterocycles. The lowest BCUT2D eigenvalue weighted by atomic mass is 10.0. The molecule has 176 valence electrons. The van der Waals surface area contributed by atoms with Gasteiger partial charge in [0.05, 0.1) is 29.1 Å². The zero-order chi connectivity index (χ0) is 22.4. The number of aliphatic hydroxyl groups excluding tert-OH is 1. The second-order valence-corrected chi connectivity index (χ2v) is 9.05. The third-order valence-corrected chi connectivity index (χ3v) is 6.50. The fourth-order valence-electron chi connectivity index (χ4n) is 3.96. The van der Waals surface area contributed by atoms with Crippen molar-refractivity contribution in [2.45, 2.75) is 25.8 Å². The van der Waals surface area contributed by atoms with Gasteiger partial charge in [-0.1, -0.05) is 48.3 Å². The maximum absolute atomic E-state index is 13.1. The molecule has 2 aromatic carbocycles. The first-order valence-electron chi connectivity index (χ1n) is 10.6.